The third-order valence-electron chi connectivity index (χ3n) is 6.45. The Labute approximate surface area is 194 Å². The molecule has 2 bridgehead atoms. The molecule has 0 heterocycles. The van der Waals surface area contributed by atoms with Gasteiger partial charge in [0.05, 0.1) is 17.2 Å². The van der Waals surface area contributed by atoms with E-state index in [1.54, 1.807) is 60.3 Å². The summed E-state index contributed by atoms with van der Waals surface area (Å²) >= 11 is 1.55. The zero-order valence-corrected chi connectivity index (χ0v) is 20.1. The van der Waals surface area contributed by atoms with E-state index in [1.165, 1.54) is 17.1 Å². The monoisotopic (exact) mass is 474 g/mol. The third kappa shape index (κ3) is 4.91. The minimum atomic E-state index is -3.92. The van der Waals surface area contributed by atoms with E-state index >= 15 is 0 Å². The van der Waals surface area contributed by atoms with Crippen LogP contribution in [-0.2, 0) is 14.8 Å². The number of carbonyl (C=O) groups is 1. The van der Waals surface area contributed by atoms with Crippen molar-refractivity contribution in [1.29, 1.82) is 0 Å². The number of benzene rings is 2. The van der Waals surface area contributed by atoms with Gasteiger partial charge in [0.25, 0.3) is 10.0 Å². The average Bonchev–Trinajstić information content (AvgIpc) is 3.42. The molecule has 2 aliphatic rings. The van der Waals surface area contributed by atoms with Gasteiger partial charge in [-0.15, -0.1) is 11.8 Å². The van der Waals surface area contributed by atoms with Gasteiger partial charge in [-0.1, -0.05) is 6.42 Å². The Morgan fingerprint density at radius 3 is 2.38 bits per heavy atom. The zero-order chi connectivity index (χ0) is 22.7. The standard InChI is InChI=1S/C24H30N2O4S2/c1-3-30-20-8-6-19(7-9-20)26(32(28,29)22-12-10-21(31-2)11-13-22)16-24(27)25-23-15-17-4-5-18(23)14-17/h6-13,17-18,23H,3-5,14-16H2,1-2H3,(H,25,27)/t17-,18+,23+/m0/s1. The smallest absolute Gasteiger partial charge is 0.264 e. The van der Waals surface area contributed by atoms with Gasteiger partial charge in [0.2, 0.25) is 5.91 Å². The van der Waals surface area contributed by atoms with Crippen LogP contribution in [0.3, 0.4) is 0 Å². The van der Waals surface area contributed by atoms with Crippen LogP contribution in [0.2, 0.25) is 0 Å². The number of ether oxygens (including phenoxy) is 1. The normalized spacial score (nSPS) is 22.0. The van der Waals surface area contributed by atoms with Crippen molar-refractivity contribution >= 4 is 33.4 Å². The number of anilines is 1. The lowest BCUT2D eigenvalue weighted by atomic mass is 9.95. The summed E-state index contributed by atoms with van der Waals surface area (Å²) in [5.41, 5.74) is 0.436. The van der Waals surface area contributed by atoms with Gasteiger partial charge in [-0.25, -0.2) is 8.42 Å². The van der Waals surface area contributed by atoms with Crippen LogP contribution in [0.25, 0.3) is 0 Å². The molecule has 8 heteroatoms. The van der Waals surface area contributed by atoms with Crippen molar-refractivity contribution in [3.8, 4) is 5.75 Å². The molecular formula is C24H30N2O4S2. The molecule has 2 saturated carbocycles. The molecule has 3 atom stereocenters. The van der Waals surface area contributed by atoms with Crippen LogP contribution < -0.4 is 14.4 Å². The predicted molar refractivity (Wildman–Crippen MR) is 128 cm³/mol. The van der Waals surface area contributed by atoms with Crippen LogP contribution in [0.1, 0.15) is 32.6 Å². The van der Waals surface area contributed by atoms with Gasteiger partial charge in [-0.3, -0.25) is 9.10 Å². The average molecular weight is 475 g/mol. The molecule has 0 saturated heterocycles. The van der Waals surface area contributed by atoms with Crippen molar-refractivity contribution in [1.82, 2.24) is 5.32 Å². The molecule has 0 aromatic heterocycles. The second-order valence-electron chi connectivity index (χ2n) is 8.46. The number of nitrogens with one attached hydrogen (secondary N) is 1. The molecular weight excluding hydrogens is 444 g/mol. The highest BCUT2D eigenvalue weighted by molar-refractivity contribution is 7.98. The summed E-state index contributed by atoms with van der Waals surface area (Å²) in [6, 6.07) is 13.7. The first-order valence-electron chi connectivity index (χ1n) is 11.1. The van der Waals surface area contributed by atoms with Crippen LogP contribution in [0, 0.1) is 11.8 Å². The molecule has 0 radical (unpaired) electrons. The fourth-order valence-corrected chi connectivity index (χ4v) is 6.70. The van der Waals surface area contributed by atoms with Crippen molar-refractivity contribution in [3.63, 3.8) is 0 Å². The quantitative estimate of drug-likeness (QED) is 0.548. The zero-order valence-electron chi connectivity index (χ0n) is 18.5. The van der Waals surface area contributed by atoms with Crippen LogP contribution >= 0.6 is 11.8 Å². The lowest BCUT2D eigenvalue weighted by Gasteiger charge is -2.27. The Hall–Kier alpha value is -2.19. The molecule has 0 spiro atoms. The Kier molecular flexibility index (Phi) is 7.00. The van der Waals surface area contributed by atoms with Crippen molar-refractivity contribution in [2.75, 3.05) is 23.7 Å². The largest absolute Gasteiger partial charge is 0.494 e. The summed E-state index contributed by atoms with van der Waals surface area (Å²) in [6.07, 6.45) is 6.51. The minimum Gasteiger partial charge on any atom is -0.494 e. The second-order valence-corrected chi connectivity index (χ2v) is 11.2. The second kappa shape index (κ2) is 9.75. The number of sulfonamides is 1. The van der Waals surface area contributed by atoms with Gasteiger partial charge < -0.3 is 10.1 Å². The fraction of sp³-hybridized carbons (Fsp3) is 0.458. The van der Waals surface area contributed by atoms with Crippen LogP contribution in [0.4, 0.5) is 5.69 Å². The van der Waals surface area contributed by atoms with Gasteiger partial charge in [-0.2, -0.15) is 0 Å². The van der Waals surface area contributed by atoms with Gasteiger partial charge >= 0.3 is 0 Å². The van der Waals surface area contributed by atoms with Crippen molar-refractivity contribution in [3.05, 3.63) is 48.5 Å². The number of hydrogen-bond acceptors (Lipinski definition) is 5. The fourth-order valence-electron chi connectivity index (χ4n) is 4.87. The number of rotatable bonds is 9. The Morgan fingerprint density at radius 1 is 1.09 bits per heavy atom. The van der Waals surface area contributed by atoms with E-state index in [9.17, 15) is 13.2 Å². The SMILES string of the molecule is CCOc1ccc(N(CC(=O)N[C@@H]2C[C@H]3CC[C@@H]2C3)S(=O)(=O)c2ccc(SC)cc2)cc1. The highest BCUT2D eigenvalue weighted by Gasteiger charge is 2.40. The lowest BCUT2D eigenvalue weighted by Crippen LogP contribution is -2.45. The summed E-state index contributed by atoms with van der Waals surface area (Å²) in [7, 11) is -3.92. The first-order chi connectivity index (χ1) is 15.4. The maximum atomic E-state index is 13.6. The highest BCUT2D eigenvalue weighted by atomic mass is 32.2. The van der Waals surface area contributed by atoms with Gasteiger partial charge in [0.15, 0.2) is 0 Å². The van der Waals surface area contributed by atoms with Crippen LogP contribution in [-0.4, -0.2) is 39.8 Å². The maximum absolute atomic E-state index is 13.6. The number of fused-ring (bicyclic) bond motifs is 2. The molecule has 6 nitrogen and oxygen atoms in total. The number of nitrogens with zero attached hydrogens (tertiary/aromatic N) is 1. The molecule has 4 rings (SSSR count). The number of thioether (sulfide) groups is 1. The van der Waals surface area contributed by atoms with Gasteiger partial charge in [0.1, 0.15) is 12.3 Å². The molecule has 1 amide bonds. The number of carbonyl (C=O) groups excluding carboxylic acids is 1. The maximum Gasteiger partial charge on any atom is 0.264 e. The van der Waals surface area contributed by atoms with E-state index in [0.717, 1.165) is 17.7 Å². The number of hydrogen-bond donors (Lipinski definition) is 1. The molecule has 2 aliphatic carbocycles. The van der Waals surface area contributed by atoms with Crippen LogP contribution in [0.15, 0.2) is 58.3 Å². The van der Waals surface area contributed by atoms with E-state index in [1.807, 2.05) is 13.2 Å². The van der Waals surface area contributed by atoms with Gasteiger partial charge in [-0.05, 0) is 92.8 Å². The van der Waals surface area contributed by atoms with Crippen molar-refractivity contribution < 1.29 is 17.9 Å². The summed E-state index contributed by atoms with van der Waals surface area (Å²) < 4.78 is 33.8. The molecule has 0 unspecified atom stereocenters. The summed E-state index contributed by atoms with van der Waals surface area (Å²) in [5.74, 6) is 1.62. The molecule has 0 aliphatic heterocycles. The van der Waals surface area contributed by atoms with E-state index < -0.39 is 10.0 Å². The Morgan fingerprint density at radius 2 is 1.81 bits per heavy atom. The Balaban J connectivity index is 1.58. The molecule has 1 N–H and O–H groups in total. The first kappa shape index (κ1) is 23.0. The van der Waals surface area contributed by atoms with E-state index in [2.05, 4.69) is 5.32 Å². The third-order valence-corrected chi connectivity index (χ3v) is 8.99. The molecule has 2 aromatic rings. The van der Waals surface area contributed by atoms with Gasteiger partial charge in [0, 0.05) is 10.9 Å². The van der Waals surface area contributed by atoms with Crippen molar-refractivity contribution in [2.45, 2.75) is 48.4 Å². The lowest BCUT2D eigenvalue weighted by molar-refractivity contribution is -0.120. The van der Waals surface area contributed by atoms with Crippen LogP contribution in [0.5, 0.6) is 5.75 Å². The highest BCUT2D eigenvalue weighted by Crippen LogP contribution is 2.44. The molecule has 32 heavy (non-hydrogen) atoms. The molecule has 172 valence electrons. The molecule has 2 aromatic carbocycles. The summed E-state index contributed by atoms with van der Waals surface area (Å²) in [6.45, 7) is 2.16. The number of amides is 1. The topological polar surface area (TPSA) is 75.7 Å². The van der Waals surface area contributed by atoms with E-state index in [0.29, 0.717) is 29.9 Å². The summed E-state index contributed by atoms with van der Waals surface area (Å²) in [5, 5.41) is 3.11. The predicted octanol–water partition coefficient (Wildman–Crippen LogP) is 4.31. The minimum absolute atomic E-state index is 0.159. The van der Waals surface area contributed by atoms with E-state index in [-0.39, 0.29) is 23.4 Å². The summed E-state index contributed by atoms with van der Waals surface area (Å²) in [4.78, 5) is 14.1. The van der Waals surface area contributed by atoms with Crippen molar-refractivity contribution in [2.24, 2.45) is 11.8 Å². The van der Waals surface area contributed by atoms with E-state index in [4.69, 9.17) is 4.74 Å². The first-order valence-corrected chi connectivity index (χ1v) is 13.8. The molecule has 2 fully saturated rings. The Bertz CT molecular complexity index is 1040.